The third kappa shape index (κ3) is 16.6. The predicted octanol–water partition coefficient (Wildman–Crippen LogP) is 0.739. The number of Topliss-reactive ketones (excluding diaryl/α,β-unsaturated/α-hetero) is 3. The van der Waals surface area contributed by atoms with Gasteiger partial charge in [0, 0.05) is 30.6 Å². The molecule has 39 heavy (non-hydrogen) atoms. The van der Waals surface area contributed by atoms with Crippen molar-refractivity contribution in [3.05, 3.63) is 0 Å². The summed E-state index contributed by atoms with van der Waals surface area (Å²) in [4.78, 5) is 81.4. The van der Waals surface area contributed by atoms with Gasteiger partial charge in [0.1, 0.15) is 11.8 Å². The van der Waals surface area contributed by atoms with Gasteiger partial charge in [0.15, 0.2) is 11.6 Å². The number of hydrogen-bond acceptors (Lipinski definition) is 9. The predicted molar refractivity (Wildman–Crippen MR) is 145 cm³/mol. The van der Waals surface area contributed by atoms with Crippen LogP contribution >= 0.6 is 7.82 Å². The molecule has 0 unspecified atom stereocenters. The summed E-state index contributed by atoms with van der Waals surface area (Å²) >= 11 is 0. The topological polar surface area (TPSA) is 228 Å². The lowest BCUT2D eigenvalue weighted by atomic mass is 9.91. The van der Waals surface area contributed by atoms with E-state index in [9.17, 15) is 28.5 Å². The van der Waals surface area contributed by atoms with Crippen molar-refractivity contribution in [2.24, 2.45) is 29.2 Å². The molecule has 0 heterocycles. The van der Waals surface area contributed by atoms with Gasteiger partial charge in [-0.1, -0.05) is 27.2 Å². The molecule has 0 rings (SSSR count). The Bertz CT molecular complexity index is 862. The molecule has 0 saturated heterocycles. The summed E-state index contributed by atoms with van der Waals surface area (Å²) in [5, 5.41) is 5.08. The number of nitrogens with two attached hydrogens (primary N) is 2. The molecule has 13 nitrogen and oxygen atoms in total. The largest absolute Gasteiger partial charge is 0.469 e. The highest BCUT2D eigenvalue weighted by atomic mass is 31.2. The molecule has 0 aromatic heterocycles. The second-order valence-corrected chi connectivity index (χ2v) is 11.4. The van der Waals surface area contributed by atoms with E-state index >= 15 is 0 Å². The van der Waals surface area contributed by atoms with Crippen molar-refractivity contribution in [2.75, 3.05) is 19.7 Å². The SMILES string of the molecule is CC(=O)[C@H](CCCCN)NC(=O)[C@H](C)CC(=O)[C@H](COP(=O)(O)O)NC(=O)[C@H](CCCCN)CC(=O)C(C)C. The fraction of sp³-hybridized carbons (Fsp3) is 0.800. The Labute approximate surface area is 230 Å². The van der Waals surface area contributed by atoms with E-state index in [0.717, 1.165) is 0 Å². The molecule has 0 aliphatic rings. The van der Waals surface area contributed by atoms with E-state index in [4.69, 9.17) is 21.3 Å². The van der Waals surface area contributed by atoms with Crippen molar-refractivity contribution in [3.63, 3.8) is 0 Å². The molecule has 0 aliphatic heterocycles. The Morgan fingerprint density at radius 2 is 1.33 bits per heavy atom. The maximum atomic E-state index is 13.1. The Balaban J connectivity index is 5.55. The number of carbonyl (C=O) groups is 5. The molecule has 0 aromatic rings. The van der Waals surface area contributed by atoms with Gasteiger partial charge in [-0.15, -0.1) is 0 Å². The minimum Gasteiger partial charge on any atom is -0.346 e. The second kappa shape index (κ2) is 19.1. The van der Waals surface area contributed by atoms with Crippen molar-refractivity contribution in [2.45, 2.75) is 91.1 Å². The highest BCUT2D eigenvalue weighted by Crippen LogP contribution is 2.35. The van der Waals surface area contributed by atoms with Crippen LogP contribution in [0.25, 0.3) is 0 Å². The zero-order chi connectivity index (χ0) is 30.2. The van der Waals surface area contributed by atoms with Crippen LogP contribution in [0.2, 0.25) is 0 Å². The summed E-state index contributed by atoms with van der Waals surface area (Å²) in [5.74, 6) is -4.27. The summed E-state index contributed by atoms with van der Waals surface area (Å²) in [6.45, 7) is 6.25. The van der Waals surface area contributed by atoms with Gasteiger partial charge in [0.25, 0.3) is 0 Å². The van der Waals surface area contributed by atoms with E-state index in [1.165, 1.54) is 13.8 Å². The quantitative estimate of drug-likeness (QED) is 0.0775. The van der Waals surface area contributed by atoms with Crippen LogP contribution in [-0.2, 0) is 33.1 Å². The number of nitrogens with one attached hydrogen (secondary N) is 2. The average molecular weight is 579 g/mol. The van der Waals surface area contributed by atoms with Crippen LogP contribution in [-0.4, -0.2) is 70.7 Å². The summed E-state index contributed by atoms with van der Waals surface area (Å²) in [5.41, 5.74) is 11.0. The summed E-state index contributed by atoms with van der Waals surface area (Å²) < 4.78 is 15.8. The fourth-order valence-electron chi connectivity index (χ4n) is 3.74. The first-order chi connectivity index (χ1) is 18.1. The molecule has 14 heteroatoms. The van der Waals surface area contributed by atoms with Crippen LogP contribution in [0.4, 0.5) is 0 Å². The molecule has 0 radical (unpaired) electrons. The van der Waals surface area contributed by atoms with Gasteiger partial charge in [-0.25, -0.2) is 4.57 Å². The third-order valence-electron chi connectivity index (χ3n) is 6.29. The van der Waals surface area contributed by atoms with Crippen molar-refractivity contribution in [3.8, 4) is 0 Å². The van der Waals surface area contributed by atoms with E-state index in [1.807, 2.05) is 0 Å². The molecule has 226 valence electrons. The summed E-state index contributed by atoms with van der Waals surface area (Å²) in [6, 6.07) is -2.21. The molecular formula is C25H47N4O9P. The van der Waals surface area contributed by atoms with Crippen molar-refractivity contribution in [1.29, 1.82) is 0 Å². The van der Waals surface area contributed by atoms with E-state index in [1.54, 1.807) is 13.8 Å². The van der Waals surface area contributed by atoms with Gasteiger partial charge in [0.2, 0.25) is 11.8 Å². The van der Waals surface area contributed by atoms with Crippen LogP contribution in [0, 0.1) is 17.8 Å². The molecule has 0 aliphatic carbocycles. The fourth-order valence-corrected chi connectivity index (χ4v) is 4.08. The van der Waals surface area contributed by atoms with Crippen LogP contribution in [0.3, 0.4) is 0 Å². The average Bonchev–Trinajstić information content (AvgIpc) is 2.84. The number of carbonyl (C=O) groups excluding carboxylic acids is 5. The van der Waals surface area contributed by atoms with Crippen LogP contribution in [0.15, 0.2) is 0 Å². The van der Waals surface area contributed by atoms with Crippen molar-refractivity contribution >= 4 is 37.0 Å². The molecule has 2 amide bonds. The standard InChI is InChI=1S/C25H47N4O9P/c1-16(2)22(31)14-19(9-5-7-11-26)25(34)29-21(15-38-39(35,36)37)23(32)13-17(3)24(33)28-20(18(4)30)10-6-8-12-27/h16-17,19-21H,5-15,26-27H2,1-4H3,(H,28,33)(H,29,34)(H2,35,36,37)/t17-,19-,20+,21+/m1/s1. The Kier molecular flexibility index (Phi) is 18.1. The van der Waals surface area contributed by atoms with Gasteiger partial charge < -0.3 is 31.9 Å². The van der Waals surface area contributed by atoms with Gasteiger partial charge in [0.05, 0.1) is 12.6 Å². The molecular weight excluding hydrogens is 531 g/mol. The van der Waals surface area contributed by atoms with Crippen LogP contribution in [0.1, 0.15) is 79.1 Å². The number of phosphoric acid groups is 1. The first-order valence-electron chi connectivity index (χ1n) is 13.4. The Morgan fingerprint density at radius 1 is 0.795 bits per heavy atom. The number of amides is 2. The van der Waals surface area contributed by atoms with Crippen LogP contribution < -0.4 is 22.1 Å². The number of hydrogen-bond donors (Lipinski definition) is 6. The smallest absolute Gasteiger partial charge is 0.346 e. The minimum atomic E-state index is -4.98. The number of rotatable bonds is 22. The molecule has 4 atom stereocenters. The lowest BCUT2D eigenvalue weighted by Crippen LogP contribution is -2.48. The normalized spacial score (nSPS) is 14.8. The molecule has 8 N–H and O–H groups in total. The maximum Gasteiger partial charge on any atom is 0.469 e. The van der Waals surface area contributed by atoms with E-state index in [0.29, 0.717) is 51.6 Å². The van der Waals surface area contributed by atoms with Gasteiger partial charge in [-0.05, 0) is 52.1 Å². The number of phosphoric ester groups is 1. The molecule has 0 bridgehead atoms. The molecule has 0 spiro atoms. The van der Waals surface area contributed by atoms with E-state index in [2.05, 4.69) is 15.2 Å². The molecule has 0 aromatic carbocycles. The Morgan fingerprint density at radius 3 is 1.82 bits per heavy atom. The monoisotopic (exact) mass is 578 g/mol. The van der Waals surface area contributed by atoms with Gasteiger partial charge in [-0.3, -0.25) is 28.5 Å². The lowest BCUT2D eigenvalue weighted by Gasteiger charge is -2.24. The van der Waals surface area contributed by atoms with Crippen molar-refractivity contribution < 1.29 is 42.8 Å². The lowest BCUT2D eigenvalue weighted by molar-refractivity contribution is -0.135. The van der Waals surface area contributed by atoms with E-state index < -0.39 is 62.4 Å². The molecule has 0 saturated carbocycles. The first kappa shape index (κ1) is 37.0. The van der Waals surface area contributed by atoms with Crippen LogP contribution in [0.5, 0.6) is 0 Å². The third-order valence-corrected chi connectivity index (χ3v) is 6.78. The minimum absolute atomic E-state index is 0.0657. The van der Waals surface area contributed by atoms with E-state index in [-0.39, 0.29) is 23.9 Å². The summed E-state index contributed by atoms with van der Waals surface area (Å²) in [6.07, 6.45) is 2.78. The van der Waals surface area contributed by atoms with Gasteiger partial charge >= 0.3 is 7.82 Å². The molecule has 0 fully saturated rings. The highest BCUT2D eigenvalue weighted by Gasteiger charge is 2.31. The summed E-state index contributed by atoms with van der Waals surface area (Å²) in [7, 11) is -4.98. The first-order valence-corrected chi connectivity index (χ1v) is 14.9. The Hall–Kier alpha value is -2.02. The van der Waals surface area contributed by atoms with Crippen molar-refractivity contribution in [1.82, 2.24) is 10.6 Å². The zero-order valence-electron chi connectivity index (χ0n) is 23.5. The van der Waals surface area contributed by atoms with Gasteiger partial charge in [-0.2, -0.15) is 0 Å². The highest BCUT2D eigenvalue weighted by molar-refractivity contribution is 7.46. The second-order valence-electron chi connectivity index (χ2n) is 10.2. The zero-order valence-corrected chi connectivity index (χ0v) is 24.4. The number of ketones is 3. The number of unbranched alkanes of at least 4 members (excludes halogenated alkanes) is 2. The maximum absolute atomic E-state index is 13.1.